The highest BCUT2D eigenvalue weighted by Crippen LogP contribution is 2.30. The SMILES string of the molecule is CC[C@@H](NC(=O)CCCOc1ccc(Cl)cc1)c1ccc(OC)c(OC)c1. The van der Waals surface area contributed by atoms with E-state index in [0.717, 1.165) is 17.7 Å². The van der Waals surface area contributed by atoms with E-state index in [0.29, 0.717) is 36.0 Å². The average molecular weight is 392 g/mol. The van der Waals surface area contributed by atoms with Gasteiger partial charge in [-0.3, -0.25) is 4.79 Å². The quantitative estimate of drug-likeness (QED) is 0.592. The molecule has 0 saturated carbocycles. The molecule has 0 aliphatic carbocycles. The molecule has 1 atom stereocenters. The Kier molecular flexibility index (Phi) is 8.27. The van der Waals surface area contributed by atoms with Crippen LogP contribution in [0, 0.1) is 0 Å². The van der Waals surface area contributed by atoms with Crippen LogP contribution in [-0.2, 0) is 4.79 Å². The van der Waals surface area contributed by atoms with E-state index >= 15 is 0 Å². The first-order valence-electron chi connectivity index (χ1n) is 8.97. The smallest absolute Gasteiger partial charge is 0.220 e. The molecule has 146 valence electrons. The van der Waals surface area contributed by atoms with E-state index in [1.807, 2.05) is 37.3 Å². The summed E-state index contributed by atoms with van der Waals surface area (Å²) in [7, 11) is 3.20. The van der Waals surface area contributed by atoms with Crippen LogP contribution in [0.2, 0.25) is 5.02 Å². The van der Waals surface area contributed by atoms with Gasteiger partial charge in [0.25, 0.3) is 0 Å². The lowest BCUT2D eigenvalue weighted by Crippen LogP contribution is -2.28. The predicted molar refractivity (Wildman–Crippen MR) is 107 cm³/mol. The number of carbonyl (C=O) groups excluding carboxylic acids is 1. The minimum absolute atomic E-state index is 0.00339. The van der Waals surface area contributed by atoms with Gasteiger partial charge in [0, 0.05) is 11.4 Å². The Balaban J connectivity index is 1.83. The summed E-state index contributed by atoms with van der Waals surface area (Å²) in [6.07, 6.45) is 1.82. The second-order valence-corrected chi connectivity index (χ2v) is 6.49. The van der Waals surface area contributed by atoms with E-state index in [-0.39, 0.29) is 11.9 Å². The second-order valence-electron chi connectivity index (χ2n) is 6.05. The Bertz CT molecular complexity index is 733. The van der Waals surface area contributed by atoms with Crippen LogP contribution in [0.5, 0.6) is 17.2 Å². The summed E-state index contributed by atoms with van der Waals surface area (Å²) >= 11 is 5.84. The maximum absolute atomic E-state index is 12.3. The molecule has 0 radical (unpaired) electrons. The zero-order valence-corrected chi connectivity index (χ0v) is 16.7. The fourth-order valence-corrected chi connectivity index (χ4v) is 2.84. The summed E-state index contributed by atoms with van der Waals surface area (Å²) in [5.74, 6) is 2.06. The number of halogens is 1. The van der Waals surface area contributed by atoms with Gasteiger partial charge in [0.2, 0.25) is 5.91 Å². The van der Waals surface area contributed by atoms with Crippen LogP contribution in [0.15, 0.2) is 42.5 Å². The highest BCUT2D eigenvalue weighted by atomic mass is 35.5. The average Bonchev–Trinajstić information content (AvgIpc) is 2.70. The zero-order chi connectivity index (χ0) is 19.6. The van der Waals surface area contributed by atoms with Crippen molar-refractivity contribution in [2.75, 3.05) is 20.8 Å². The number of methoxy groups -OCH3 is 2. The lowest BCUT2D eigenvalue weighted by Gasteiger charge is -2.19. The van der Waals surface area contributed by atoms with E-state index in [4.69, 9.17) is 25.8 Å². The third kappa shape index (κ3) is 6.36. The number of nitrogens with one attached hydrogen (secondary N) is 1. The highest BCUT2D eigenvalue weighted by Gasteiger charge is 2.15. The van der Waals surface area contributed by atoms with Crippen LogP contribution >= 0.6 is 11.6 Å². The maximum atomic E-state index is 12.3. The van der Waals surface area contributed by atoms with Gasteiger partial charge in [0.05, 0.1) is 26.9 Å². The summed E-state index contributed by atoms with van der Waals surface area (Å²) in [4.78, 5) is 12.3. The molecule has 0 heterocycles. The first kappa shape index (κ1) is 20.9. The minimum Gasteiger partial charge on any atom is -0.494 e. The molecule has 0 spiro atoms. The number of hydrogen-bond donors (Lipinski definition) is 1. The summed E-state index contributed by atoms with van der Waals surface area (Å²) in [5.41, 5.74) is 0.987. The summed E-state index contributed by atoms with van der Waals surface area (Å²) < 4.78 is 16.2. The van der Waals surface area contributed by atoms with E-state index in [1.54, 1.807) is 26.4 Å². The summed E-state index contributed by atoms with van der Waals surface area (Å²) in [6.45, 7) is 2.51. The number of carbonyl (C=O) groups is 1. The molecule has 0 bridgehead atoms. The van der Waals surface area contributed by atoms with E-state index < -0.39 is 0 Å². The fraction of sp³-hybridized carbons (Fsp3) is 0.381. The standard InChI is InChI=1S/C21H26ClNO4/c1-4-18(15-7-12-19(25-2)20(14-15)26-3)23-21(24)6-5-13-27-17-10-8-16(22)9-11-17/h7-12,14,18H,4-6,13H2,1-3H3,(H,23,24)/t18-/m1/s1. The molecule has 27 heavy (non-hydrogen) atoms. The van der Waals surface area contributed by atoms with Crippen molar-refractivity contribution in [3.05, 3.63) is 53.1 Å². The molecule has 2 aromatic rings. The molecule has 0 saturated heterocycles. The molecule has 2 rings (SSSR count). The molecule has 1 N–H and O–H groups in total. The maximum Gasteiger partial charge on any atom is 0.220 e. The van der Waals surface area contributed by atoms with Crippen LogP contribution in [0.3, 0.4) is 0 Å². The summed E-state index contributed by atoms with van der Waals surface area (Å²) in [6, 6.07) is 12.8. The topological polar surface area (TPSA) is 56.8 Å². The van der Waals surface area contributed by atoms with Crippen LogP contribution < -0.4 is 19.5 Å². The van der Waals surface area contributed by atoms with E-state index in [1.165, 1.54) is 0 Å². The minimum atomic E-state index is -0.0745. The Hall–Kier alpha value is -2.40. The number of hydrogen-bond acceptors (Lipinski definition) is 4. The molecule has 5 nitrogen and oxygen atoms in total. The van der Waals surface area contributed by atoms with Gasteiger partial charge in [-0.25, -0.2) is 0 Å². The van der Waals surface area contributed by atoms with Gasteiger partial charge >= 0.3 is 0 Å². The predicted octanol–water partition coefficient (Wildman–Crippen LogP) is 4.78. The van der Waals surface area contributed by atoms with Crippen LogP contribution in [-0.4, -0.2) is 26.7 Å². The Morgan fingerprint density at radius 1 is 1.07 bits per heavy atom. The normalized spacial score (nSPS) is 11.6. The van der Waals surface area contributed by atoms with E-state index in [2.05, 4.69) is 5.32 Å². The van der Waals surface area contributed by atoms with Gasteiger partial charge in [-0.15, -0.1) is 0 Å². The molecule has 1 amide bonds. The molecule has 6 heteroatoms. The van der Waals surface area contributed by atoms with Crippen molar-refractivity contribution in [3.63, 3.8) is 0 Å². The van der Waals surface area contributed by atoms with Crippen molar-refractivity contribution in [2.45, 2.75) is 32.2 Å². The van der Waals surface area contributed by atoms with Gasteiger partial charge in [-0.2, -0.15) is 0 Å². The Labute approximate surface area is 165 Å². The van der Waals surface area contributed by atoms with Crippen molar-refractivity contribution >= 4 is 17.5 Å². The van der Waals surface area contributed by atoms with Gasteiger partial charge in [-0.1, -0.05) is 24.6 Å². The van der Waals surface area contributed by atoms with Crippen LogP contribution in [0.1, 0.15) is 37.8 Å². The van der Waals surface area contributed by atoms with Gasteiger partial charge in [0.1, 0.15) is 5.75 Å². The van der Waals surface area contributed by atoms with Gasteiger partial charge in [0.15, 0.2) is 11.5 Å². The number of rotatable bonds is 10. The van der Waals surface area contributed by atoms with Gasteiger partial charge in [-0.05, 0) is 54.8 Å². The second kappa shape index (κ2) is 10.7. The lowest BCUT2D eigenvalue weighted by atomic mass is 10.0. The molecule has 0 aliphatic rings. The Morgan fingerprint density at radius 3 is 2.41 bits per heavy atom. The van der Waals surface area contributed by atoms with Crippen molar-refractivity contribution in [1.29, 1.82) is 0 Å². The Morgan fingerprint density at radius 2 is 1.78 bits per heavy atom. The fourth-order valence-electron chi connectivity index (χ4n) is 2.71. The van der Waals surface area contributed by atoms with Gasteiger partial charge < -0.3 is 19.5 Å². The zero-order valence-electron chi connectivity index (χ0n) is 16.0. The first-order chi connectivity index (χ1) is 13.1. The van der Waals surface area contributed by atoms with Crippen molar-refractivity contribution in [3.8, 4) is 17.2 Å². The van der Waals surface area contributed by atoms with Crippen molar-refractivity contribution in [1.82, 2.24) is 5.32 Å². The number of amides is 1. The largest absolute Gasteiger partial charge is 0.494 e. The third-order valence-electron chi connectivity index (χ3n) is 4.18. The monoisotopic (exact) mass is 391 g/mol. The summed E-state index contributed by atoms with van der Waals surface area (Å²) in [5, 5.41) is 3.74. The van der Waals surface area contributed by atoms with Crippen molar-refractivity contribution < 1.29 is 19.0 Å². The molecule has 2 aromatic carbocycles. The lowest BCUT2D eigenvalue weighted by molar-refractivity contribution is -0.122. The van der Waals surface area contributed by atoms with E-state index in [9.17, 15) is 4.79 Å². The van der Waals surface area contributed by atoms with Crippen molar-refractivity contribution in [2.24, 2.45) is 0 Å². The molecule has 0 aromatic heterocycles. The molecule has 0 fully saturated rings. The van der Waals surface area contributed by atoms with Crippen LogP contribution in [0.25, 0.3) is 0 Å². The molecule has 0 unspecified atom stereocenters. The number of benzene rings is 2. The number of ether oxygens (including phenoxy) is 3. The molecular formula is C21H26ClNO4. The highest BCUT2D eigenvalue weighted by molar-refractivity contribution is 6.30. The molecular weight excluding hydrogens is 366 g/mol. The first-order valence-corrected chi connectivity index (χ1v) is 9.34. The molecule has 0 aliphatic heterocycles. The van der Waals surface area contributed by atoms with Crippen LogP contribution in [0.4, 0.5) is 0 Å². The third-order valence-corrected chi connectivity index (χ3v) is 4.44.